The molecule has 20 heavy (non-hydrogen) atoms. The molecule has 2 amide bonds. The van der Waals surface area contributed by atoms with Crippen LogP contribution in [0.3, 0.4) is 0 Å². The molecule has 0 radical (unpaired) electrons. The maximum Gasteiger partial charge on any atom is 0.338 e. The summed E-state index contributed by atoms with van der Waals surface area (Å²) >= 11 is 0. The fraction of sp³-hybridized carbons (Fsp3) is 0.286. The smallest absolute Gasteiger partial charge is 0.338 e. The standard InChI is InChI=1S/C14H15FN2O3/c1-9-3-2-6-17(8-9)14(20)16-10-4-5-12(15)11(7-10)13(18)19/h3-5,7H,2,6,8H2,1H3,(H,16,20)(H,18,19). The fourth-order valence-corrected chi connectivity index (χ4v) is 2.05. The molecule has 5 nitrogen and oxygen atoms in total. The first-order valence-corrected chi connectivity index (χ1v) is 6.22. The number of rotatable bonds is 2. The van der Waals surface area contributed by atoms with Gasteiger partial charge >= 0.3 is 12.0 Å². The zero-order chi connectivity index (χ0) is 14.7. The van der Waals surface area contributed by atoms with E-state index in [1.54, 1.807) is 4.90 Å². The van der Waals surface area contributed by atoms with Gasteiger partial charge in [-0.05, 0) is 31.5 Å². The van der Waals surface area contributed by atoms with Crippen molar-refractivity contribution in [3.05, 3.63) is 41.2 Å². The Bertz CT molecular complexity index is 584. The maximum absolute atomic E-state index is 13.3. The van der Waals surface area contributed by atoms with Crippen molar-refractivity contribution in [2.45, 2.75) is 13.3 Å². The van der Waals surface area contributed by atoms with E-state index < -0.39 is 17.3 Å². The molecule has 0 saturated heterocycles. The van der Waals surface area contributed by atoms with E-state index >= 15 is 0 Å². The van der Waals surface area contributed by atoms with E-state index in [-0.39, 0.29) is 11.7 Å². The Morgan fingerprint density at radius 2 is 2.15 bits per heavy atom. The van der Waals surface area contributed by atoms with Crippen molar-refractivity contribution in [2.75, 3.05) is 18.4 Å². The molecule has 6 heteroatoms. The van der Waals surface area contributed by atoms with Crippen molar-refractivity contribution in [1.29, 1.82) is 0 Å². The first-order chi connectivity index (χ1) is 9.47. The SMILES string of the molecule is CC1=CCCN(C(=O)Nc2ccc(F)c(C(=O)O)c2)C1. The summed E-state index contributed by atoms with van der Waals surface area (Å²) in [6.45, 7) is 3.09. The lowest BCUT2D eigenvalue weighted by atomic mass is 10.1. The van der Waals surface area contributed by atoms with E-state index in [9.17, 15) is 14.0 Å². The third kappa shape index (κ3) is 3.14. The first kappa shape index (κ1) is 14.0. The number of carboxylic acids is 1. The van der Waals surface area contributed by atoms with Crippen molar-refractivity contribution in [1.82, 2.24) is 4.90 Å². The highest BCUT2D eigenvalue weighted by Gasteiger charge is 2.17. The number of halogens is 1. The van der Waals surface area contributed by atoms with Gasteiger partial charge in [-0.2, -0.15) is 0 Å². The van der Waals surface area contributed by atoms with Gasteiger partial charge in [0.25, 0.3) is 0 Å². The monoisotopic (exact) mass is 278 g/mol. The molecule has 0 bridgehead atoms. The van der Waals surface area contributed by atoms with Crippen molar-refractivity contribution in [3.63, 3.8) is 0 Å². The van der Waals surface area contributed by atoms with E-state index in [1.807, 2.05) is 6.92 Å². The number of benzene rings is 1. The molecule has 1 aromatic rings. The lowest BCUT2D eigenvalue weighted by Gasteiger charge is -2.26. The van der Waals surface area contributed by atoms with Gasteiger partial charge in [-0.3, -0.25) is 0 Å². The number of amides is 2. The lowest BCUT2D eigenvalue weighted by molar-refractivity contribution is 0.0692. The van der Waals surface area contributed by atoms with Gasteiger partial charge in [0.1, 0.15) is 5.82 Å². The lowest BCUT2D eigenvalue weighted by Crippen LogP contribution is -2.38. The molecule has 0 aromatic heterocycles. The summed E-state index contributed by atoms with van der Waals surface area (Å²) in [6, 6.07) is 3.16. The zero-order valence-electron chi connectivity index (χ0n) is 11.0. The van der Waals surface area contributed by atoms with Gasteiger partial charge < -0.3 is 15.3 Å². The molecular formula is C14H15FN2O3. The minimum Gasteiger partial charge on any atom is -0.478 e. The van der Waals surface area contributed by atoms with Crippen LogP contribution in [0.15, 0.2) is 29.8 Å². The number of nitrogens with zero attached hydrogens (tertiary/aromatic N) is 1. The molecule has 1 heterocycles. The first-order valence-electron chi connectivity index (χ1n) is 6.22. The summed E-state index contributed by atoms with van der Waals surface area (Å²) in [5.41, 5.74) is 0.912. The average molecular weight is 278 g/mol. The van der Waals surface area contributed by atoms with Gasteiger partial charge in [-0.25, -0.2) is 14.0 Å². The Morgan fingerprint density at radius 1 is 1.40 bits per heavy atom. The van der Waals surface area contributed by atoms with E-state index in [0.717, 1.165) is 24.1 Å². The Labute approximate surface area is 115 Å². The molecule has 0 saturated carbocycles. The summed E-state index contributed by atoms with van der Waals surface area (Å²) in [4.78, 5) is 24.5. The number of carbonyl (C=O) groups excluding carboxylic acids is 1. The molecule has 0 aliphatic carbocycles. The minimum absolute atomic E-state index is 0.265. The van der Waals surface area contributed by atoms with Gasteiger partial charge in [-0.15, -0.1) is 0 Å². The Morgan fingerprint density at radius 3 is 2.80 bits per heavy atom. The Balaban J connectivity index is 2.10. The quantitative estimate of drug-likeness (QED) is 0.817. The molecule has 0 spiro atoms. The predicted octanol–water partition coefficient (Wildman–Crippen LogP) is 2.71. The van der Waals surface area contributed by atoms with Crippen LogP contribution in [0.4, 0.5) is 14.9 Å². The van der Waals surface area contributed by atoms with Gasteiger partial charge in [0.2, 0.25) is 0 Å². The third-order valence-corrected chi connectivity index (χ3v) is 3.07. The van der Waals surface area contributed by atoms with Crippen LogP contribution in [0.25, 0.3) is 0 Å². The van der Waals surface area contributed by atoms with Crippen molar-refractivity contribution in [3.8, 4) is 0 Å². The van der Waals surface area contributed by atoms with Crippen molar-refractivity contribution in [2.24, 2.45) is 0 Å². The summed E-state index contributed by atoms with van der Waals surface area (Å²) < 4.78 is 13.3. The molecule has 1 aromatic carbocycles. The number of hydrogen-bond donors (Lipinski definition) is 2. The summed E-state index contributed by atoms with van der Waals surface area (Å²) in [5.74, 6) is -2.19. The molecule has 2 rings (SSSR count). The fourth-order valence-electron chi connectivity index (χ4n) is 2.05. The van der Waals surface area contributed by atoms with Crippen LogP contribution in [-0.4, -0.2) is 35.1 Å². The van der Waals surface area contributed by atoms with Crippen LogP contribution in [0.2, 0.25) is 0 Å². The number of aromatic carboxylic acids is 1. The number of carboxylic acid groups (broad SMARTS) is 1. The number of carbonyl (C=O) groups is 2. The Hall–Kier alpha value is -2.37. The van der Waals surface area contributed by atoms with Crippen molar-refractivity contribution < 1.29 is 19.1 Å². The Kier molecular flexibility index (Phi) is 4.02. The van der Waals surface area contributed by atoms with E-state index in [1.165, 1.54) is 6.07 Å². The normalized spacial score (nSPS) is 14.7. The van der Waals surface area contributed by atoms with Gasteiger partial charge in [0, 0.05) is 18.8 Å². The summed E-state index contributed by atoms with van der Waals surface area (Å²) in [6.07, 6.45) is 2.87. The van der Waals surface area contributed by atoms with E-state index in [2.05, 4.69) is 11.4 Å². The number of anilines is 1. The zero-order valence-corrected chi connectivity index (χ0v) is 11.0. The van der Waals surface area contributed by atoms with E-state index in [4.69, 9.17) is 5.11 Å². The second kappa shape index (κ2) is 5.73. The van der Waals surface area contributed by atoms with Gasteiger partial charge in [-0.1, -0.05) is 11.6 Å². The maximum atomic E-state index is 13.3. The molecule has 1 aliphatic rings. The topological polar surface area (TPSA) is 69.6 Å². The van der Waals surface area contributed by atoms with E-state index in [0.29, 0.717) is 13.1 Å². The highest BCUT2D eigenvalue weighted by molar-refractivity contribution is 5.93. The molecule has 2 N–H and O–H groups in total. The van der Waals surface area contributed by atoms with Gasteiger partial charge in [0.15, 0.2) is 0 Å². The molecule has 0 fully saturated rings. The van der Waals surface area contributed by atoms with Crippen LogP contribution in [0.5, 0.6) is 0 Å². The number of urea groups is 1. The molecular weight excluding hydrogens is 263 g/mol. The number of nitrogens with one attached hydrogen (secondary N) is 1. The third-order valence-electron chi connectivity index (χ3n) is 3.07. The molecule has 0 atom stereocenters. The summed E-state index contributed by atoms with van der Waals surface area (Å²) in [5, 5.41) is 11.4. The van der Waals surface area contributed by atoms with Crippen molar-refractivity contribution >= 4 is 17.7 Å². The predicted molar refractivity (Wildman–Crippen MR) is 72.3 cm³/mol. The largest absolute Gasteiger partial charge is 0.478 e. The van der Waals surface area contributed by atoms with Crippen LogP contribution in [0.1, 0.15) is 23.7 Å². The second-order valence-electron chi connectivity index (χ2n) is 4.69. The second-order valence-corrected chi connectivity index (χ2v) is 4.69. The average Bonchev–Trinajstić information content (AvgIpc) is 2.40. The van der Waals surface area contributed by atoms with Crippen LogP contribution in [-0.2, 0) is 0 Å². The highest BCUT2D eigenvalue weighted by Crippen LogP contribution is 2.16. The minimum atomic E-state index is -1.37. The molecule has 1 aliphatic heterocycles. The van der Waals surface area contributed by atoms with Crippen LogP contribution >= 0.6 is 0 Å². The van der Waals surface area contributed by atoms with Crippen LogP contribution in [0, 0.1) is 5.82 Å². The highest BCUT2D eigenvalue weighted by atomic mass is 19.1. The van der Waals surface area contributed by atoms with Crippen LogP contribution < -0.4 is 5.32 Å². The molecule has 106 valence electrons. The van der Waals surface area contributed by atoms with Gasteiger partial charge in [0.05, 0.1) is 5.56 Å². The summed E-state index contributed by atoms with van der Waals surface area (Å²) in [7, 11) is 0. The number of hydrogen-bond acceptors (Lipinski definition) is 2. The molecule has 0 unspecified atom stereocenters.